The summed E-state index contributed by atoms with van der Waals surface area (Å²) in [6.45, 7) is 8.99. The molecule has 0 bridgehead atoms. The van der Waals surface area contributed by atoms with Gasteiger partial charge in [-0.2, -0.15) is 5.10 Å². The summed E-state index contributed by atoms with van der Waals surface area (Å²) in [4.78, 5) is 5.36. The van der Waals surface area contributed by atoms with Crippen LogP contribution in [0, 0.1) is 0 Å². The first-order valence-electron chi connectivity index (χ1n) is 6.41. The van der Waals surface area contributed by atoms with Gasteiger partial charge in [-0.05, 0) is 6.92 Å². The third-order valence-corrected chi connectivity index (χ3v) is 3.39. The van der Waals surface area contributed by atoms with E-state index in [4.69, 9.17) is 18.0 Å². The van der Waals surface area contributed by atoms with Crippen molar-refractivity contribution in [1.29, 1.82) is 0 Å². The zero-order chi connectivity index (χ0) is 13.0. The van der Waals surface area contributed by atoms with Crippen molar-refractivity contribution in [2.24, 2.45) is 5.73 Å². The van der Waals surface area contributed by atoms with Gasteiger partial charge in [-0.25, -0.2) is 0 Å². The molecular formula is C12H21N5S. The Balaban J connectivity index is 1.78. The zero-order valence-corrected chi connectivity index (χ0v) is 11.7. The van der Waals surface area contributed by atoms with E-state index in [2.05, 4.69) is 28.0 Å². The smallest absolute Gasteiger partial charge is 0.0870 e. The van der Waals surface area contributed by atoms with E-state index in [9.17, 15) is 0 Å². The highest BCUT2D eigenvalue weighted by atomic mass is 32.1. The Morgan fingerprint density at radius 3 is 2.56 bits per heavy atom. The lowest BCUT2D eigenvalue weighted by atomic mass is 10.2. The molecule has 2 heterocycles. The molecule has 5 nitrogen and oxygen atoms in total. The second kappa shape index (κ2) is 6.26. The zero-order valence-electron chi connectivity index (χ0n) is 10.9. The van der Waals surface area contributed by atoms with Crippen LogP contribution in [0.15, 0.2) is 12.4 Å². The molecule has 1 saturated heterocycles. The molecule has 1 aliphatic rings. The SMILES string of the molecule is CCn1cc(CN2CCN(CC(N)=S)CC2)cn1. The van der Waals surface area contributed by atoms with Gasteiger partial charge in [0.25, 0.3) is 0 Å². The Labute approximate surface area is 114 Å². The second-order valence-corrected chi connectivity index (χ2v) is 5.25. The minimum absolute atomic E-state index is 0.590. The summed E-state index contributed by atoms with van der Waals surface area (Å²) < 4.78 is 1.97. The molecule has 1 aromatic rings. The van der Waals surface area contributed by atoms with Gasteiger partial charge in [0.2, 0.25) is 0 Å². The first-order chi connectivity index (χ1) is 8.67. The van der Waals surface area contributed by atoms with E-state index in [0.717, 1.165) is 45.8 Å². The summed E-state index contributed by atoms with van der Waals surface area (Å²) in [5.74, 6) is 0. The van der Waals surface area contributed by atoms with E-state index in [0.29, 0.717) is 4.99 Å². The van der Waals surface area contributed by atoms with Crippen molar-refractivity contribution in [3.8, 4) is 0 Å². The van der Waals surface area contributed by atoms with Crippen molar-refractivity contribution < 1.29 is 0 Å². The molecule has 6 heteroatoms. The number of nitrogens with zero attached hydrogens (tertiary/aromatic N) is 4. The summed E-state index contributed by atoms with van der Waals surface area (Å²) in [5, 5.41) is 4.30. The van der Waals surface area contributed by atoms with Crippen LogP contribution in [0.3, 0.4) is 0 Å². The second-order valence-electron chi connectivity index (χ2n) is 4.72. The summed E-state index contributed by atoms with van der Waals surface area (Å²) >= 11 is 4.94. The average molecular weight is 267 g/mol. The predicted octanol–water partition coefficient (Wildman–Crippen LogP) is 0.307. The Hall–Kier alpha value is -0.980. The third-order valence-electron chi connectivity index (χ3n) is 3.26. The third kappa shape index (κ3) is 3.76. The Morgan fingerprint density at radius 2 is 2.00 bits per heavy atom. The molecule has 1 aromatic heterocycles. The fourth-order valence-corrected chi connectivity index (χ4v) is 2.43. The largest absolute Gasteiger partial charge is 0.392 e. The monoisotopic (exact) mass is 267 g/mol. The van der Waals surface area contributed by atoms with E-state index >= 15 is 0 Å². The van der Waals surface area contributed by atoms with Gasteiger partial charge in [-0.1, -0.05) is 12.2 Å². The lowest BCUT2D eigenvalue weighted by molar-refractivity contribution is 0.140. The van der Waals surface area contributed by atoms with Crippen LogP contribution in [0.25, 0.3) is 0 Å². The van der Waals surface area contributed by atoms with Gasteiger partial charge in [-0.3, -0.25) is 14.5 Å². The van der Waals surface area contributed by atoms with Crippen molar-refractivity contribution in [1.82, 2.24) is 19.6 Å². The van der Waals surface area contributed by atoms with E-state index in [1.807, 2.05) is 10.9 Å². The number of hydrogen-bond acceptors (Lipinski definition) is 4. The highest BCUT2D eigenvalue weighted by Gasteiger charge is 2.17. The van der Waals surface area contributed by atoms with Gasteiger partial charge in [-0.15, -0.1) is 0 Å². The van der Waals surface area contributed by atoms with Crippen LogP contribution >= 0.6 is 12.2 Å². The summed E-state index contributed by atoms with van der Waals surface area (Å²) in [6, 6.07) is 0. The van der Waals surface area contributed by atoms with Crippen LogP contribution in [-0.4, -0.2) is 57.3 Å². The van der Waals surface area contributed by atoms with Crippen molar-refractivity contribution in [2.45, 2.75) is 20.0 Å². The van der Waals surface area contributed by atoms with Crippen LogP contribution < -0.4 is 5.73 Å². The van der Waals surface area contributed by atoms with Crippen LogP contribution in [-0.2, 0) is 13.1 Å². The van der Waals surface area contributed by atoms with Gasteiger partial charge in [0.15, 0.2) is 0 Å². The molecular weight excluding hydrogens is 246 g/mol. The maximum atomic E-state index is 5.56. The molecule has 0 atom stereocenters. The molecule has 0 radical (unpaired) electrons. The Kier molecular flexibility index (Phi) is 4.68. The van der Waals surface area contributed by atoms with Crippen molar-refractivity contribution in [3.05, 3.63) is 18.0 Å². The number of thiocarbonyl (C=S) groups is 1. The van der Waals surface area contributed by atoms with E-state index in [1.54, 1.807) is 0 Å². The number of aromatic nitrogens is 2. The molecule has 100 valence electrons. The summed E-state index contributed by atoms with van der Waals surface area (Å²) in [6.07, 6.45) is 4.09. The number of nitrogens with two attached hydrogens (primary N) is 1. The minimum atomic E-state index is 0.590. The van der Waals surface area contributed by atoms with Crippen LogP contribution in [0.2, 0.25) is 0 Å². The van der Waals surface area contributed by atoms with E-state index in [1.165, 1.54) is 5.56 Å². The Bertz CT molecular complexity index is 395. The quantitative estimate of drug-likeness (QED) is 0.778. The fraction of sp³-hybridized carbons (Fsp3) is 0.667. The van der Waals surface area contributed by atoms with Gasteiger partial charge >= 0.3 is 0 Å². The molecule has 18 heavy (non-hydrogen) atoms. The van der Waals surface area contributed by atoms with Crippen LogP contribution in [0.4, 0.5) is 0 Å². The molecule has 2 N–H and O–H groups in total. The topological polar surface area (TPSA) is 50.3 Å². The number of piperazine rings is 1. The van der Waals surface area contributed by atoms with Gasteiger partial charge < -0.3 is 5.73 Å². The molecule has 0 saturated carbocycles. The lowest BCUT2D eigenvalue weighted by Crippen LogP contribution is -2.48. The molecule has 0 aliphatic carbocycles. The first kappa shape index (κ1) is 13.5. The minimum Gasteiger partial charge on any atom is -0.392 e. The van der Waals surface area contributed by atoms with Crippen molar-refractivity contribution >= 4 is 17.2 Å². The predicted molar refractivity (Wildman–Crippen MR) is 76.4 cm³/mol. The van der Waals surface area contributed by atoms with Gasteiger partial charge in [0, 0.05) is 57.6 Å². The summed E-state index contributed by atoms with van der Waals surface area (Å²) in [5.41, 5.74) is 6.86. The van der Waals surface area contributed by atoms with Gasteiger partial charge in [0.1, 0.15) is 0 Å². The molecule has 2 rings (SSSR count). The van der Waals surface area contributed by atoms with Crippen LogP contribution in [0.1, 0.15) is 12.5 Å². The molecule has 1 fully saturated rings. The fourth-order valence-electron chi connectivity index (χ4n) is 2.25. The highest BCUT2D eigenvalue weighted by Crippen LogP contribution is 2.07. The number of rotatable bonds is 5. The molecule has 1 aliphatic heterocycles. The lowest BCUT2D eigenvalue weighted by Gasteiger charge is -2.34. The summed E-state index contributed by atoms with van der Waals surface area (Å²) in [7, 11) is 0. The van der Waals surface area contributed by atoms with Gasteiger partial charge in [0.05, 0.1) is 11.2 Å². The standard InChI is InChI=1S/C12H21N5S/c1-2-17-9-11(7-14-17)8-15-3-5-16(6-4-15)10-12(13)18/h7,9H,2-6,8,10H2,1H3,(H2,13,18). The number of hydrogen-bond donors (Lipinski definition) is 1. The molecule has 0 amide bonds. The first-order valence-corrected chi connectivity index (χ1v) is 6.82. The maximum absolute atomic E-state index is 5.56. The normalized spacial score (nSPS) is 18.1. The average Bonchev–Trinajstić information content (AvgIpc) is 2.79. The maximum Gasteiger partial charge on any atom is 0.0870 e. The molecule has 0 unspecified atom stereocenters. The van der Waals surface area contributed by atoms with Crippen molar-refractivity contribution in [3.63, 3.8) is 0 Å². The highest BCUT2D eigenvalue weighted by molar-refractivity contribution is 7.80. The number of aryl methyl sites for hydroxylation is 1. The molecule has 0 spiro atoms. The molecule has 0 aromatic carbocycles. The van der Waals surface area contributed by atoms with Crippen LogP contribution in [0.5, 0.6) is 0 Å². The Morgan fingerprint density at radius 1 is 1.33 bits per heavy atom. The van der Waals surface area contributed by atoms with E-state index < -0.39 is 0 Å². The van der Waals surface area contributed by atoms with E-state index in [-0.39, 0.29) is 0 Å². The van der Waals surface area contributed by atoms with Crippen molar-refractivity contribution in [2.75, 3.05) is 32.7 Å².